The average molecular weight is 696 g/mol. The van der Waals surface area contributed by atoms with Crippen molar-refractivity contribution in [2.75, 3.05) is 0 Å². The van der Waals surface area contributed by atoms with Crippen LogP contribution in [0.1, 0.15) is 27.7 Å². The average Bonchev–Trinajstić information content (AvgIpc) is 3.57. The van der Waals surface area contributed by atoms with Gasteiger partial charge >= 0.3 is 0 Å². The van der Waals surface area contributed by atoms with E-state index in [1.54, 1.807) is 0 Å². The molecule has 0 aliphatic heterocycles. The molecule has 0 unspecified atom stereocenters. The summed E-state index contributed by atoms with van der Waals surface area (Å²) in [5.74, 6) is 0. The van der Waals surface area contributed by atoms with Crippen LogP contribution in [0.5, 0.6) is 0 Å². The van der Waals surface area contributed by atoms with Gasteiger partial charge in [-0.15, -0.1) is 11.3 Å². The van der Waals surface area contributed by atoms with Gasteiger partial charge in [0, 0.05) is 20.2 Å². The van der Waals surface area contributed by atoms with Crippen molar-refractivity contribution in [2.24, 2.45) is 0 Å². The predicted octanol–water partition coefficient (Wildman–Crippen LogP) is 15.5. The van der Waals surface area contributed by atoms with Crippen molar-refractivity contribution < 1.29 is 1.37 Å². The van der Waals surface area contributed by atoms with Crippen molar-refractivity contribution in [3.05, 3.63) is 181 Å². The Labute approximate surface area is 316 Å². The van der Waals surface area contributed by atoms with E-state index in [9.17, 15) is 0 Å². The molecule has 0 saturated carbocycles. The summed E-state index contributed by atoms with van der Waals surface area (Å²) in [5.41, 5.74) is 11.3. The summed E-state index contributed by atoms with van der Waals surface area (Å²) >= 11 is 1.91. The van der Waals surface area contributed by atoms with Crippen LogP contribution >= 0.6 is 11.3 Å². The van der Waals surface area contributed by atoms with E-state index in [2.05, 4.69) is 172 Å². The second kappa shape index (κ2) is 12.3. The Balaban J connectivity index is 1.08. The van der Waals surface area contributed by atoms with E-state index < -0.39 is 0 Å². The number of hydrogen-bond donors (Lipinski definition) is 0. The Morgan fingerprint density at radius 2 is 0.962 bits per heavy atom. The normalized spacial score (nSPS) is 12.3. The van der Waals surface area contributed by atoms with Gasteiger partial charge < -0.3 is 0 Å². The minimum Gasteiger partial charge on any atom is -0.135 e. The van der Waals surface area contributed by atoms with Crippen molar-refractivity contribution in [3.8, 4) is 44.5 Å². The van der Waals surface area contributed by atoms with Crippen LogP contribution in [0.15, 0.2) is 176 Å². The fourth-order valence-corrected chi connectivity index (χ4v) is 9.72. The van der Waals surface area contributed by atoms with E-state index in [4.69, 9.17) is 1.37 Å². The van der Waals surface area contributed by atoms with Crippen molar-refractivity contribution >= 4 is 63.8 Å². The van der Waals surface area contributed by atoms with Gasteiger partial charge in [-0.1, -0.05) is 172 Å². The van der Waals surface area contributed by atoms with Gasteiger partial charge in [-0.25, -0.2) is 0 Å². The van der Waals surface area contributed by atoms with Gasteiger partial charge in [0.1, 0.15) is 0 Å². The lowest BCUT2D eigenvalue weighted by molar-refractivity contribution is 0.597. The standard InChI is InChI=1S/C52H38S/c1-52(2,3)47-21-11-20-45-46-32-39(28-29-48(46)53-51(45)47)34-22-25-35(26-23-34)49-41-16-6-8-18-43(41)50(44-19-9-7-17-42(44)49)40-15-10-14-37(31-40)38-27-24-33-12-4-5-13-36(33)30-38/h4-32H,1-3H3/i4D. The van der Waals surface area contributed by atoms with Crippen LogP contribution in [0.3, 0.4) is 0 Å². The molecule has 0 aliphatic carbocycles. The first-order valence-electron chi connectivity index (χ1n) is 18.9. The molecule has 0 nitrogen and oxygen atoms in total. The monoisotopic (exact) mass is 695 g/mol. The highest BCUT2D eigenvalue weighted by Gasteiger charge is 2.20. The zero-order valence-electron chi connectivity index (χ0n) is 31.1. The number of thiophene rings is 1. The highest BCUT2D eigenvalue weighted by molar-refractivity contribution is 7.26. The Morgan fingerprint density at radius 3 is 1.68 bits per heavy atom. The highest BCUT2D eigenvalue weighted by Crippen LogP contribution is 2.45. The Kier molecular flexibility index (Phi) is 7.10. The van der Waals surface area contributed by atoms with E-state index in [1.165, 1.54) is 91.8 Å². The van der Waals surface area contributed by atoms with Crippen molar-refractivity contribution in [2.45, 2.75) is 26.2 Å². The van der Waals surface area contributed by atoms with Gasteiger partial charge in [-0.05, 0) is 112 Å². The first-order valence-corrected chi connectivity index (χ1v) is 19.2. The van der Waals surface area contributed by atoms with E-state index in [1.807, 2.05) is 29.5 Å². The number of hydrogen-bond acceptors (Lipinski definition) is 1. The van der Waals surface area contributed by atoms with E-state index in [0.717, 1.165) is 10.8 Å². The Morgan fingerprint density at radius 1 is 0.396 bits per heavy atom. The van der Waals surface area contributed by atoms with Crippen molar-refractivity contribution in [1.82, 2.24) is 0 Å². The summed E-state index contributed by atoms with van der Waals surface area (Å²) in [6, 6.07) is 62.6. The van der Waals surface area contributed by atoms with Crippen molar-refractivity contribution in [3.63, 3.8) is 0 Å². The largest absolute Gasteiger partial charge is 0.135 e. The quantitative estimate of drug-likeness (QED) is 0.161. The molecule has 0 radical (unpaired) electrons. The number of rotatable bonds is 4. The molecule has 53 heavy (non-hydrogen) atoms. The lowest BCUT2D eigenvalue weighted by Gasteiger charge is -2.19. The van der Waals surface area contributed by atoms with Gasteiger partial charge in [0.25, 0.3) is 0 Å². The van der Waals surface area contributed by atoms with Gasteiger partial charge in [0.15, 0.2) is 0 Å². The summed E-state index contributed by atoms with van der Waals surface area (Å²) in [4.78, 5) is 0. The molecule has 1 heterocycles. The first kappa shape index (κ1) is 30.6. The molecule has 0 saturated heterocycles. The lowest BCUT2D eigenvalue weighted by atomic mass is 9.85. The molecule has 0 amide bonds. The third-order valence-corrected chi connectivity index (χ3v) is 12.1. The summed E-state index contributed by atoms with van der Waals surface area (Å²) in [6.07, 6.45) is 0. The molecule has 0 fully saturated rings. The predicted molar refractivity (Wildman–Crippen MR) is 232 cm³/mol. The fraction of sp³-hybridized carbons (Fsp3) is 0.0769. The lowest BCUT2D eigenvalue weighted by Crippen LogP contribution is -2.10. The van der Waals surface area contributed by atoms with Crippen molar-refractivity contribution in [1.29, 1.82) is 0 Å². The zero-order valence-corrected chi connectivity index (χ0v) is 30.9. The maximum Gasteiger partial charge on any atom is 0.0623 e. The summed E-state index contributed by atoms with van der Waals surface area (Å²) in [5, 5.41) is 9.93. The molecule has 0 N–H and O–H groups in total. The molecule has 0 aliphatic rings. The molecule has 10 rings (SSSR count). The molecule has 10 aromatic rings. The van der Waals surface area contributed by atoms with E-state index in [0.29, 0.717) is 6.04 Å². The van der Waals surface area contributed by atoms with Crippen LogP contribution < -0.4 is 0 Å². The van der Waals surface area contributed by atoms with Gasteiger partial charge in [0.05, 0.1) is 1.37 Å². The molecule has 252 valence electrons. The summed E-state index contributed by atoms with van der Waals surface area (Å²) < 4.78 is 10.8. The number of fused-ring (bicyclic) bond motifs is 6. The van der Waals surface area contributed by atoms with Crippen LogP contribution in [0.25, 0.3) is 97.0 Å². The summed E-state index contributed by atoms with van der Waals surface area (Å²) in [6.45, 7) is 6.92. The van der Waals surface area contributed by atoms with Gasteiger partial charge in [0.2, 0.25) is 0 Å². The van der Waals surface area contributed by atoms with Crippen LogP contribution in [-0.2, 0) is 5.41 Å². The highest BCUT2D eigenvalue weighted by atomic mass is 32.1. The van der Waals surface area contributed by atoms with Gasteiger partial charge in [-0.3, -0.25) is 0 Å². The second-order valence-corrected chi connectivity index (χ2v) is 16.3. The smallest absolute Gasteiger partial charge is 0.0623 e. The SMILES string of the molecule is [2H]c1ccc2cc(-c3cccc(-c4c5ccccc5c(-c5ccc(-c6ccc7sc8c(C(C)(C)C)cccc8c7c6)cc5)c5ccccc45)c3)ccc2c1. The van der Waals surface area contributed by atoms with Gasteiger partial charge in [-0.2, -0.15) is 0 Å². The van der Waals surface area contributed by atoms with Crippen LogP contribution in [0.2, 0.25) is 0 Å². The number of benzene rings is 9. The maximum atomic E-state index is 8.03. The van der Waals surface area contributed by atoms with Crippen LogP contribution in [0, 0.1) is 0 Å². The summed E-state index contributed by atoms with van der Waals surface area (Å²) in [7, 11) is 0. The molecule has 1 aromatic heterocycles. The minimum atomic E-state index is 0.0993. The molecule has 1 heteroatoms. The Bertz CT molecular complexity index is 3030. The molecular formula is C52H38S. The fourth-order valence-electron chi connectivity index (χ4n) is 8.31. The molecular weight excluding hydrogens is 657 g/mol. The molecule has 9 aromatic carbocycles. The van der Waals surface area contributed by atoms with E-state index >= 15 is 0 Å². The molecule has 0 bridgehead atoms. The third-order valence-electron chi connectivity index (χ3n) is 10.9. The molecule has 0 spiro atoms. The second-order valence-electron chi connectivity index (χ2n) is 15.2. The van der Waals surface area contributed by atoms with Crippen LogP contribution in [0.4, 0.5) is 0 Å². The topological polar surface area (TPSA) is 0 Å². The third kappa shape index (κ3) is 5.35. The van der Waals surface area contributed by atoms with E-state index in [-0.39, 0.29) is 5.41 Å². The maximum absolute atomic E-state index is 8.03. The zero-order chi connectivity index (χ0) is 36.6. The molecule has 0 atom stereocenters. The minimum absolute atomic E-state index is 0.0993. The van der Waals surface area contributed by atoms with Crippen LogP contribution in [-0.4, -0.2) is 0 Å². The Hall–Kier alpha value is -6.02. The first-order chi connectivity index (χ1) is 26.3.